The van der Waals surface area contributed by atoms with Gasteiger partial charge in [-0.15, -0.1) is 0 Å². The van der Waals surface area contributed by atoms with Crippen molar-refractivity contribution < 1.29 is 9.59 Å². The van der Waals surface area contributed by atoms with Gasteiger partial charge in [0, 0.05) is 26.2 Å². The molecule has 6 nitrogen and oxygen atoms in total. The molecule has 1 fully saturated rings. The van der Waals surface area contributed by atoms with E-state index in [9.17, 15) is 9.59 Å². The highest BCUT2D eigenvalue weighted by Gasteiger charge is 2.25. The molecular weight excluding hydrogens is 220 g/mol. The number of urea groups is 1. The number of likely N-dealkylation sites (N-methyl/N-ethyl adjacent to an activating group) is 1. The first-order valence-electron chi connectivity index (χ1n) is 6.00. The predicted molar refractivity (Wildman–Crippen MR) is 65.7 cm³/mol. The van der Waals surface area contributed by atoms with Gasteiger partial charge < -0.3 is 15.5 Å². The predicted octanol–water partition coefficient (Wildman–Crippen LogP) is -0.486. The lowest BCUT2D eigenvalue weighted by Crippen LogP contribution is -2.48. The first-order chi connectivity index (χ1) is 8.04. The molecule has 1 rings (SSSR count). The molecule has 17 heavy (non-hydrogen) atoms. The molecule has 0 saturated heterocycles. The SMILES string of the molecule is CNC(=O)NC(=O)C(C)NCCN(C)C1CC1. The largest absolute Gasteiger partial charge is 0.341 e. The summed E-state index contributed by atoms with van der Waals surface area (Å²) in [6.45, 7) is 3.41. The third-order valence-corrected chi connectivity index (χ3v) is 2.94. The van der Waals surface area contributed by atoms with Crippen LogP contribution in [-0.4, -0.2) is 56.1 Å². The maximum Gasteiger partial charge on any atom is 0.321 e. The van der Waals surface area contributed by atoms with Crippen LogP contribution < -0.4 is 16.0 Å². The molecule has 1 aliphatic rings. The number of amides is 3. The maximum absolute atomic E-state index is 11.5. The van der Waals surface area contributed by atoms with Crippen molar-refractivity contribution in [3.63, 3.8) is 0 Å². The van der Waals surface area contributed by atoms with Crippen LogP contribution >= 0.6 is 0 Å². The summed E-state index contributed by atoms with van der Waals surface area (Å²) in [4.78, 5) is 24.7. The fraction of sp³-hybridized carbons (Fsp3) is 0.818. The summed E-state index contributed by atoms with van der Waals surface area (Å²) >= 11 is 0. The van der Waals surface area contributed by atoms with Crippen LogP contribution in [-0.2, 0) is 4.79 Å². The second kappa shape index (κ2) is 6.56. The highest BCUT2D eigenvalue weighted by atomic mass is 16.2. The standard InChI is InChI=1S/C11H22N4O2/c1-8(10(16)14-11(17)12-2)13-6-7-15(3)9-4-5-9/h8-9,13H,4-7H2,1-3H3,(H2,12,14,16,17). The Balaban J connectivity index is 2.12. The second-order valence-electron chi connectivity index (χ2n) is 4.46. The smallest absolute Gasteiger partial charge is 0.321 e. The number of carbonyl (C=O) groups is 2. The molecule has 0 heterocycles. The Morgan fingerprint density at radius 2 is 2.06 bits per heavy atom. The van der Waals surface area contributed by atoms with E-state index in [2.05, 4.69) is 27.9 Å². The van der Waals surface area contributed by atoms with Crippen LogP contribution in [0.5, 0.6) is 0 Å². The fourth-order valence-corrected chi connectivity index (χ4v) is 1.53. The van der Waals surface area contributed by atoms with Crippen molar-refractivity contribution in [2.45, 2.75) is 31.8 Å². The zero-order valence-corrected chi connectivity index (χ0v) is 10.7. The van der Waals surface area contributed by atoms with Crippen LogP contribution in [0, 0.1) is 0 Å². The van der Waals surface area contributed by atoms with Crippen LogP contribution in [0.1, 0.15) is 19.8 Å². The molecule has 3 N–H and O–H groups in total. The molecule has 1 atom stereocenters. The molecule has 98 valence electrons. The van der Waals surface area contributed by atoms with Gasteiger partial charge in [-0.1, -0.05) is 0 Å². The Hall–Kier alpha value is -1.14. The van der Waals surface area contributed by atoms with Gasteiger partial charge in [0.1, 0.15) is 0 Å². The van der Waals surface area contributed by atoms with Crippen molar-refractivity contribution in [2.75, 3.05) is 27.2 Å². The minimum absolute atomic E-state index is 0.307. The molecule has 0 aromatic rings. The minimum atomic E-state index is -0.473. The van der Waals surface area contributed by atoms with Crippen molar-refractivity contribution in [1.82, 2.24) is 20.9 Å². The molecule has 0 aromatic heterocycles. The molecule has 0 radical (unpaired) electrons. The number of imide groups is 1. The zero-order valence-electron chi connectivity index (χ0n) is 10.7. The molecule has 0 spiro atoms. The topological polar surface area (TPSA) is 73.5 Å². The van der Waals surface area contributed by atoms with Gasteiger partial charge >= 0.3 is 6.03 Å². The average Bonchev–Trinajstić information content (AvgIpc) is 3.12. The molecule has 1 saturated carbocycles. The van der Waals surface area contributed by atoms with Gasteiger partial charge in [0.05, 0.1) is 6.04 Å². The van der Waals surface area contributed by atoms with E-state index < -0.39 is 6.03 Å². The van der Waals surface area contributed by atoms with Crippen molar-refractivity contribution in [3.05, 3.63) is 0 Å². The van der Waals surface area contributed by atoms with E-state index in [0.717, 1.165) is 19.1 Å². The Bertz CT molecular complexity index is 279. The van der Waals surface area contributed by atoms with E-state index in [1.165, 1.54) is 19.9 Å². The Kier molecular flexibility index (Phi) is 5.37. The van der Waals surface area contributed by atoms with Gasteiger partial charge in [-0.25, -0.2) is 4.79 Å². The van der Waals surface area contributed by atoms with Crippen LogP contribution in [0.15, 0.2) is 0 Å². The van der Waals surface area contributed by atoms with Crippen LogP contribution in [0.4, 0.5) is 4.79 Å². The Labute approximate surface area is 102 Å². The lowest BCUT2D eigenvalue weighted by molar-refractivity contribution is -0.121. The zero-order chi connectivity index (χ0) is 12.8. The van der Waals surface area contributed by atoms with Gasteiger partial charge in [-0.05, 0) is 26.8 Å². The van der Waals surface area contributed by atoms with Crippen molar-refractivity contribution in [2.24, 2.45) is 0 Å². The number of hydrogen-bond donors (Lipinski definition) is 3. The highest BCUT2D eigenvalue weighted by molar-refractivity contribution is 5.96. The summed E-state index contributed by atoms with van der Waals surface area (Å²) in [6.07, 6.45) is 2.56. The Morgan fingerprint density at radius 1 is 1.41 bits per heavy atom. The molecule has 1 aliphatic carbocycles. The summed E-state index contributed by atoms with van der Waals surface area (Å²) in [5, 5.41) is 7.67. The maximum atomic E-state index is 11.5. The number of nitrogens with zero attached hydrogens (tertiary/aromatic N) is 1. The quantitative estimate of drug-likeness (QED) is 0.588. The molecule has 0 bridgehead atoms. The van der Waals surface area contributed by atoms with Crippen LogP contribution in [0.3, 0.4) is 0 Å². The monoisotopic (exact) mass is 242 g/mol. The molecular formula is C11H22N4O2. The molecule has 6 heteroatoms. The first kappa shape index (κ1) is 13.9. The van der Waals surface area contributed by atoms with Gasteiger partial charge in [0.2, 0.25) is 5.91 Å². The summed E-state index contributed by atoms with van der Waals surface area (Å²) in [5.41, 5.74) is 0. The third kappa shape index (κ3) is 5.14. The number of nitrogens with one attached hydrogen (secondary N) is 3. The van der Waals surface area contributed by atoms with E-state index in [-0.39, 0.29) is 11.9 Å². The van der Waals surface area contributed by atoms with Gasteiger partial charge in [0.15, 0.2) is 0 Å². The fourth-order valence-electron chi connectivity index (χ4n) is 1.53. The van der Waals surface area contributed by atoms with E-state index in [1.54, 1.807) is 6.92 Å². The summed E-state index contributed by atoms with van der Waals surface area (Å²) in [6, 6.07) is -0.106. The van der Waals surface area contributed by atoms with Crippen molar-refractivity contribution in [3.8, 4) is 0 Å². The second-order valence-corrected chi connectivity index (χ2v) is 4.46. The third-order valence-electron chi connectivity index (χ3n) is 2.94. The van der Waals surface area contributed by atoms with Gasteiger partial charge in [-0.2, -0.15) is 0 Å². The highest BCUT2D eigenvalue weighted by Crippen LogP contribution is 2.24. The van der Waals surface area contributed by atoms with E-state index in [1.807, 2.05) is 0 Å². The van der Waals surface area contributed by atoms with Gasteiger partial charge in [0.25, 0.3) is 0 Å². The lowest BCUT2D eigenvalue weighted by atomic mass is 10.3. The molecule has 1 unspecified atom stereocenters. The normalized spacial score (nSPS) is 16.7. The van der Waals surface area contributed by atoms with Gasteiger partial charge in [-0.3, -0.25) is 10.1 Å². The number of hydrogen-bond acceptors (Lipinski definition) is 4. The number of carbonyl (C=O) groups excluding carboxylic acids is 2. The van der Waals surface area contributed by atoms with Crippen LogP contribution in [0.25, 0.3) is 0 Å². The first-order valence-corrected chi connectivity index (χ1v) is 6.00. The van der Waals surface area contributed by atoms with E-state index >= 15 is 0 Å². The molecule has 0 aliphatic heterocycles. The summed E-state index contributed by atoms with van der Waals surface area (Å²) in [7, 11) is 3.57. The molecule has 0 aromatic carbocycles. The Morgan fingerprint density at radius 3 is 2.59 bits per heavy atom. The lowest BCUT2D eigenvalue weighted by Gasteiger charge is -2.18. The number of rotatable bonds is 6. The summed E-state index contributed by atoms with van der Waals surface area (Å²) < 4.78 is 0. The van der Waals surface area contributed by atoms with E-state index in [0.29, 0.717) is 0 Å². The van der Waals surface area contributed by atoms with Crippen LogP contribution in [0.2, 0.25) is 0 Å². The van der Waals surface area contributed by atoms with Crippen molar-refractivity contribution in [1.29, 1.82) is 0 Å². The minimum Gasteiger partial charge on any atom is -0.341 e. The average molecular weight is 242 g/mol. The summed E-state index contributed by atoms with van der Waals surface area (Å²) in [5.74, 6) is -0.307. The molecule has 3 amide bonds. The van der Waals surface area contributed by atoms with Crippen molar-refractivity contribution >= 4 is 11.9 Å². The van der Waals surface area contributed by atoms with E-state index in [4.69, 9.17) is 0 Å².